The SMILES string of the molecule is NS(=O)(=O)c1cccc2c1C(=O)C=C(Cc1cccnc1)C2=O.NS(=O)(=O)c1cccc2c1C(=O)C=CC2=O.Nc1cccnc1. The Bertz CT molecular complexity index is 2150. The number of primary sulfonamides is 2. The van der Waals surface area contributed by atoms with E-state index in [9.17, 15) is 36.0 Å². The van der Waals surface area contributed by atoms with Gasteiger partial charge in [-0.25, -0.2) is 27.1 Å². The minimum atomic E-state index is -4.09. The number of nitrogen functional groups attached to an aromatic ring is 1. The van der Waals surface area contributed by atoms with Crippen molar-refractivity contribution in [2.24, 2.45) is 10.3 Å². The molecule has 0 saturated heterocycles. The van der Waals surface area contributed by atoms with Crippen LogP contribution in [0.25, 0.3) is 0 Å². The average molecular weight is 660 g/mol. The summed E-state index contributed by atoms with van der Waals surface area (Å²) < 4.78 is 45.7. The number of anilines is 1. The van der Waals surface area contributed by atoms with Crippen LogP contribution >= 0.6 is 0 Å². The van der Waals surface area contributed by atoms with Crippen LogP contribution in [0.2, 0.25) is 0 Å². The van der Waals surface area contributed by atoms with Gasteiger partial charge in [-0.05, 0) is 54.1 Å². The highest BCUT2D eigenvalue weighted by molar-refractivity contribution is 7.89. The largest absolute Gasteiger partial charge is 0.397 e. The molecule has 0 bridgehead atoms. The summed E-state index contributed by atoms with van der Waals surface area (Å²) in [6.45, 7) is 0. The van der Waals surface area contributed by atoms with E-state index in [2.05, 4.69) is 9.97 Å². The van der Waals surface area contributed by atoms with Crippen molar-refractivity contribution in [1.82, 2.24) is 9.97 Å². The van der Waals surface area contributed by atoms with Gasteiger partial charge in [0.25, 0.3) is 0 Å². The summed E-state index contributed by atoms with van der Waals surface area (Å²) in [6, 6.07) is 15.2. The summed E-state index contributed by atoms with van der Waals surface area (Å²) in [5.41, 5.74) is 6.91. The Morgan fingerprint density at radius 3 is 1.65 bits per heavy atom. The quantitative estimate of drug-likeness (QED) is 0.287. The number of hydrogen-bond donors (Lipinski definition) is 3. The van der Waals surface area contributed by atoms with Crippen LogP contribution in [0.15, 0.2) is 119 Å². The van der Waals surface area contributed by atoms with Gasteiger partial charge in [0.2, 0.25) is 20.0 Å². The third-order valence-electron chi connectivity index (χ3n) is 6.45. The topological polar surface area (TPSA) is 240 Å². The Morgan fingerprint density at radius 1 is 0.609 bits per heavy atom. The molecule has 0 saturated carbocycles. The van der Waals surface area contributed by atoms with Crippen molar-refractivity contribution >= 4 is 48.9 Å². The second-order valence-corrected chi connectivity index (χ2v) is 12.8. The number of allylic oxidation sites excluding steroid dienone is 4. The Morgan fingerprint density at radius 2 is 1.15 bits per heavy atom. The first-order chi connectivity index (χ1) is 21.7. The Balaban J connectivity index is 0.000000180. The van der Waals surface area contributed by atoms with E-state index in [-0.39, 0.29) is 44.2 Å². The molecule has 2 aromatic carbocycles. The number of nitrogens with zero attached hydrogens (tertiary/aromatic N) is 2. The van der Waals surface area contributed by atoms with Crippen LogP contribution in [-0.2, 0) is 26.5 Å². The summed E-state index contributed by atoms with van der Waals surface area (Å²) in [5.74, 6) is -1.85. The molecular weight excluding hydrogens is 635 g/mol. The van der Waals surface area contributed by atoms with Gasteiger partial charge in [0.15, 0.2) is 23.1 Å². The number of ketones is 4. The van der Waals surface area contributed by atoms with E-state index in [1.54, 1.807) is 49.1 Å². The van der Waals surface area contributed by atoms with Crippen LogP contribution < -0.4 is 16.0 Å². The van der Waals surface area contributed by atoms with E-state index in [0.717, 1.165) is 17.7 Å². The zero-order valence-electron chi connectivity index (χ0n) is 23.7. The Hall–Kier alpha value is -5.48. The van der Waals surface area contributed by atoms with E-state index in [4.69, 9.17) is 16.0 Å². The highest BCUT2D eigenvalue weighted by Gasteiger charge is 2.31. The average Bonchev–Trinajstić information content (AvgIpc) is 3.02. The molecule has 0 spiro atoms. The number of nitrogens with two attached hydrogens (primary N) is 3. The first-order valence-electron chi connectivity index (χ1n) is 13.1. The normalized spacial score (nSPS) is 13.7. The molecule has 0 fully saturated rings. The van der Waals surface area contributed by atoms with Crippen LogP contribution in [0.5, 0.6) is 0 Å². The minimum absolute atomic E-state index is 0.0583. The van der Waals surface area contributed by atoms with Gasteiger partial charge in [0.1, 0.15) is 0 Å². The molecule has 0 amide bonds. The van der Waals surface area contributed by atoms with Gasteiger partial charge < -0.3 is 5.73 Å². The summed E-state index contributed by atoms with van der Waals surface area (Å²) in [7, 11) is -8.10. The van der Waals surface area contributed by atoms with Gasteiger partial charge in [0, 0.05) is 47.9 Å². The van der Waals surface area contributed by atoms with Crippen molar-refractivity contribution < 1.29 is 36.0 Å². The lowest BCUT2D eigenvalue weighted by Gasteiger charge is -2.17. The number of sulfonamides is 2. The van der Waals surface area contributed by atoms with Crippen LogP contribution in [0.3, 0.4) is 0 Å². The lowest BCUT2D eigenvalue weighted by molar-refractivity contribution is 0.0980. The van der Waals surface area contributed by atoms with Crippen LogP contribution in [0.4, 0.5) is 5.69 Å². The number of fused-ring (bicyclic) bond motifs is 2. The third-order valence-corrected chi connectivity index (χ3v) is 8.36. The highest BCUT2D eigenvalue weighted by Crippen LogP contribution is 2.28. The second-order valence-electron chi connectivity index (χ2n) is 9.70. The monoisotopic (exact) mass is 659 g/mol. The van der Waals surface area contributed by atoms with Gasteiger partial charge in [-0.3, -0.25) is 29.1 Å². The molecule has 2 aliphatic carbocycles. The maximum atomic E-state index is 12.6. The van der Waals surface area contributed by atoms with Crippen LogP contribution in [0, 0.1) is 0 Å². The fourth-order valence-electron chi connectivity index (χ4n) is 4.46. The molecule has 0 aliphatic heterocycles. The molecule has 13 nitrogen and oxygen atoms in total. The van der Waals surface area contributed by atoms with Crippen molar-refractivity contribution in [2.45, 2.75) is 16.2 Å². The minimum Gasteiger partial charge on any atom is -0.397 e. The summed E-state index contributed by atoms with van der Waals surface area (Å²) in [6.07, 6.45) is 10.1. The highest BCUT2D eigenvalue weighted by atomic mass is 32.2. The smallest absolute Gasteiger partial charge is 0.238 e. The van der Waals surface area contributed by atoms with Gasteiger partial charge in [-0.1, -0.05) is 30.3 Å². The number of rotatable bonds is 4. The van der Waals surface area contributed by atoms with E-state index < -0.39 is 37.4 Å². The van der Waals surface area contributed by atoms with Gasteiger partial charge in [-0.15, -0.1) is 0 Å². The molecule has 2 aliphatic rings. The van der Waals surface area contributed by atoms with E-state index in [1.165, 1.54) is 42.5 Å². The van der Waals surface area contributed by atoms with Crippen molar-refractivity contribution in [1.29, 1.82) is 0 Å². The summed E-state index contributed by atoms with van der Waals surface area (Å²) in [5, 5.41) is 10.1. The molecule has 46 heavy (non-hydrogen) atoms. The molecule has 234 valence electrons. The number of carbonyl (C=O) groups excluding carboxylic acids is 4. The molecule has 0 atom stereocenters. The molecule has 0 radical (unpaired) electrons. The summed E-state index contributed by atoms with van der Waals surface area (Å²) in [4.78, 5) is 55.0. The number of Topliss-reactive ketones (excluding diaryl/α,β-unsaturated/α-hetero) is 1. The third kappa shape index (κ3) is 7.77. The zero-order chi connectivity index (χ0) is 33.6. The molecule has 6 N–H and O–H groups in total. The molecule has 15 heteroatoms. The predicted octanol–water partition coefficient (Wildman–Crippen LogP) is 2.21. The van der Waals surface area contributed by atoms with Crippen LogP contribution in [-0.4, -0.2) is 49.9 Å². The fraction of sp³-hybridized carbons (Fsp3) is 0.0323. The molecule has 0 unspecified atom stereocenters. The lowest BCUT2D eigenvalue weighted by Crippen LogP contribution is -2.23. The van der Waals surface area contributed by atoms with Crippen molar-refractivity contribution in [2.75, 3.05) is 5.73 Å². The van der Waals surface area contributed by atoms with Crippen molar-refractivity contribution in [3.63, 3.8) is 0 Å². The zero-order valence-corrected chi connectivity index (χ0v) is 25.4. The standard InChI is InChI=1S/C16H12N2O4S.C10H7NO4S.C5H6N2/c17-23(21,22)14-5-1-4-12-15(14)13(19)8-11(16(12)20)7-10-3-2-6-18-9-10;11-16(14,15)9-3-1-2-6-7(12)4-5-8(13)10(6)9;6-5-2-1-3-7-4-5/h1-6,8-9H,7H2,(H2,17,21,22);1-5H,(H2,11,14,15);1-4H,6H2. The first-order valence-corrected chi connectivity index (χ1v) is 16.2. The molecule has 2 heterocycles. The van der Waals surface area contributed by atoms with Gasteiger partial charge >= 0.3 is 0 Å². The van der Waals surface area contributed by atoms with Gasteiger partial charge in [0.05, 0.1) is 26.6 Å². The Labute approximate surface area is 263 Å². The van der Waals surface area contributed by atoms with Gasteiger partial charge in [-0.2, -0.15) is 0 Å². The number of benzene rings is 2. The molecular formula is C31H25N5O8S2. The maximum absolute atomic E-state index is 12.6. The molecule has 2 aromatic heterocycles. The molecule has 6 rings (SSSR count). The van der Waals surface area contributed by atoms with E-state index in [1.807, 2.05) is 0 Å². The molecule has 4 aromatic rings. The number of carbonyl (C=O) groups is 4. The predicted molar refractivity (Wildman–Crippen MR) is 167 cm³/mol. The van der Waals surface area contributed by atoms with Crippen molar-refractivity contribution in [3.05, 3.63) is 137 Å². The lowest BCUT2D eigenvalue weighted by atomic mass is 9.87. The maximum Gasteiger partial charge on any atom is 0.238 e. The fourth-order valence-corrected chi connectivity index (χ4v) is 5.99. The second kappa shape index (κ2) is 13.7. The van der Waals surface area contributed by atoms with E-state index in [0.29, 0.717) is 11.3 Å². The number of pyridine rings is 2. The number of hydrogen-bond acceptors (Lipinski definition) is 11. The number of aromatic nitrogens is 2. The van der Waals surface area contributed by atoms with Crippen molar-refractivity contribution in [3.8, 4) is 0 Å². The van der Waals surface area contributed by atoms with E-state index >= 15 is 0 Å². The Kier molecular flexibility index (Phi) is 9.92. The summed E-state index contributed by atoms with van der Waals surface area (Å²) >= 11 is 0. The first kappa shape index (κ1) is 33.4. The van der Waals surface area contributed by atoms with Crippen LogP contribution in [0.1, 0.15) is 47.0 Å².